The third-order valence-corrected chi connectivity index (χ3v) is 0.692. The third kappa shape index (κ3) is 4.97. The molecule has 50 valence electrons. The number of hydrogen-bond acceptors (Lipinski definition) is 2. The molecule has 0 rings (SSSR count). The molecular weight excluding hydrogens is 114 g/mol. The predicted octanol–water partition coefficient (Wildman–Crippen LogP) is 1.40. The molecule has 2 nitrogen and oxygen atoms in total. The van der Waals surface area contributed by atoms with Crippen molar-refractivity contribution >= 4 is 6.21 Å². The van der Waals surface area contributed by atoms with Crippen molar-refractivity contribution < 1.29 is 4.74 Å². The topological polar surface area (TPSA) is 21.6 Å². The molecule has 9 heavy (non-hydrogen) atoms. The molecule has 0 aromatic heterocycles. The standard InChI is InChI=1S/C7H11NO/c1-4-8-5-7(2)6-9-3/h4-5H,1-2,6H2,3H3/b8-5-. The van der Waals surface area contributed by atoms with Crippen molar-refractivity contribution in [1.29, 1.82) is 0 Å². The average Bonchev–Trinajstić information content (AvgIpc) is 1.85. The van der Waals surface area contributed by atoms with E-state index in [9.17, 15) is 0 Å². The lowest BCUT2D eigenvalue weighted by atomic mass is 10.4. The average molecular weight is 125 g/mol. The van der Waals surface area contributed by atoms with Gasteiger partial charge in [0.25, 0.3) is 0 Å². The molecule has 0 amide bonds. The summed E-state index contributed by atoms with van der Waals surface area (Å²) in [4.78, 5) is 3.75. The van der Waals surface area contributed by atoms with Crippen LogP contribution in [0.15, 0.2) is 29.9 Å². The number of nitrogens with zero attached hydrogens (tertiary/aromatic N) is 1. The second-order valence-corrected chi connectivity index (χ2v) is 1.55. The largest absolute Gasteiger partial charge is 0.380 e. The summed E-state index contributed by atoms with van der Waals surface area (Å²) in [7, 11) is 1.62. The van der Waals surface area contributed by atoms with E-state index in [-0.39, 0.29) is 0 Å². The van der Waals surface area contributed by atoms with Gasteiger partial charge in [-0.25, -0.2) is 0 Å². The Morgan fingerprint density at radius 1 is 1.78 bits per heavy atom. The van der Waals surface area contributed by atoms with Crippen molar-refractivity contribution in [3.05, 3.63) is 24.9 Å². The molecule has 0 fully saturated rings. The van der Waals surface area contributed by atoms with Gasteiger partial charge in [-0.15, -0.1) is 0 Å². The zero-order valence-corrected chi connectivity index (χ0v) is 5.63. The monoisotopic (exact) mass is 125 g/mol. The highest BCUT2D eigenvalue weighted by Gasteiger charge is 1.82. The van der Waals surface area contributed by atoms with Gasteiger partial charge in [0, 0.05) is 19.5 Å². The van der Waals surface area contributed by atoms with Crippen molar-refractivity contribution in [3.63, 3.8) is 0 Å². The van der Waals surface area contributed by atoms with Crippen molar-refractivity contribution in [3.8, 4) is 0 Å². The number of aliphatic imine (C=N–C) groups is 1. The van der Waals surface area contributed by atoms with E-state index >= 15 is 0 Å². The highest BCUT2D eigenvalue weighted by molar-refractivity contribution is 5.78. The molecule has 0 aliphatic heterocycles. The summed E-state index contributed by atoms with van der Waals surface area (Å²) in [6.07, 6.45) is 3.08. The zero-order chi connectivity index (χ0) is 7.11. The van der Waals surface area contributed by atoms with Gasteiger partial charge in [0.15, 0.2) is 0 Å². The van der Waals surface area contributed by atoms with Crippen molar-refractivity contribution in [1.82, 2.24) is 0 Å². The first-order valence-electron chi connectivity index (χ1n) is 2.62. The lowest BCUT2D eigenvalue weighted by Crippen LogP contribution is -1.92. The summed E-state index contributed by atoms with van der Waals surface area (Å²) < 4.78 is 4.78. The Morgan fingerprint density at radius 3 is 2.89 bits per heavy atom. The van der Waals surface area contributed by atoms with Crippen LogP contribution in [0.1, 0.15) is 0 Å². The van der Waals surface area contributed by atoms with Crippen LogP contribution in [0, 0.1) is 0 Å². The van der Waals surface area contributed by atoms with Crippen LogP contribution in [0.5, 0.6) is 0 Å². The summed E-state index contributed by atoms with van der Waals surface area (Å²) >= 11 is 0. The first kappa shape index (κ1) is 8.11. The highest BCUT2D eigenvalue weighted by atomic mass is 16.5. The molecule has 0 N–H and O–H groups in total. The van der Waals surface area contributed by atoms with Gasteiger partial charge in [-0.05, 0) is 5.57 Å². The minimum absolute atomic E-state index is 0.525. The summed E-state index contributed by atoms with van der Waals surface area (Å²) in [6.45, 7) is 7.60. The van der Waals surface area contributed by atoms with E-state index in [0.717, 1.165) is 5.57 Å². The Kier molecular flexibility index (Phi) is 4.73. The van der Waals surface area contributed by atoms with E-state index < -0.39 is 0 Å². The van der Waals surface area contributed by atoms with Crippen LogP contribution < -0.4 is 0 Å². The maximum Gasteiger partial charge on any atom is 0.0722 e. The molecule has 0 unspecified atom stereocenters. The Bertz CT molecular complexity index is 127. The van der Waals surface area contributed by atoms with E-state index in [1.165, 1.54) is 6.20 Å². The number of rotatable bonds is 4. The SMILES string of the molecule is C=C/N=C\C(=C)COC. The zero-order valence-electron chi connectivity index (χ0n) is 5.63. The Hall–Kier alpha value is -0.890. The maximum absolute atomic E-state index is 4.78. The molecule has 0 saturated carbocycles. The molecule has 0 aromatic carbocycles. The van der Waals surface area contributed by atoms with Crippen LogP contribution in [0.3, 0.4) is 0 Å². The van der Waals surface area contributed by atoms with Gasteiger partial charge in [-0.2, -0.15) is 0 Å². The number of methoxy groups -OCH3 is 1. The minimum Gasteiger partial charge on any atom is -0.380 e. The van der Waals surface area contributed by atoms with Gasteiger partial charge in [-0.1, -0.05) is 13.2 Å². The first-order valence-corrected chi connectivity index (χ1v) is 2.62. The van der Waals surface area contributed by atoms with Gasteiger partial charge in [0.2, 0.25) is 0 Å². The van der Waals surface area contributed by atoms with Gasteiger partial charge in [0.1, 0.15) is 0 Å². The quantitative estimate of drug-likeness (QED) is 0.520. The van der Waals surface area contributed by atoms with E-state index in [1.807, 2.05) is 0 Å². The van der Waals surface area contributed by atoms with Gasteiger partial charge < -0.3 is 4.74 Å². The van der Waals surface area contributed by atoms with E-state index in [4.69, 9.17) is 4.74 Å². The lowest BCUT2D eigenvalue weighted by Gasteiger charge is -1.92. The van der Waals surface area contributed by atoms with E-state index in [1.54, 1.807) is 13.3 Å². The maximum atomic E-state index is 4.78. The molecule has 0 spiro atoms. The highest BCUT2D eigenvalue weighted by Crippen LogP contribution is 1.84. The molecule has 0 atom stereocenters. The molecular formula is C7H11NO. The van der Waals surface area contributed by atoms with E-state index in [0.29, 0.717) is 6.61 Å². The molecule has 0 bridgehead atoms. The number of ether oxygens (including phenoxy) is 1. The summed E-state index contributed by atoms with van der Waals surface area (Å²) in [6, 6.07) is 0. The van der Waals surface area contributed by atoms with E-state index in [2.05, 4.69) is 18.2 Å². The second kappa shape index (κ2) is 5.25. The minimum atomic E-state index is 0.525. The first-order chi connectivity index (χ1) is 4.31. The second-order valence-electron chi connectivity index (χ2n) is 1.55. The molecule has 0 radical (unpaired) electrons. The van der Waals surface area contributed by atoms with Crippen LogP contribution in [-0.4, -0.2) is 19.9 Å². The van der Waals surface area contributed by atoms with Gasteiger partial charge >= 0.3 is 0 Å². The fraction of sp³-hybridized carbons (Fsp3) is 0.286. The lowest BCUT2D eigenvalue weighted by molar-refractivity contribution is 0.230. The van der Waals surface area contributed by atoms with Gasteiger partial charge in [0.05, 0.1) is 6.61 Å². The van der Waals surface area contributed by atoms with Crippen molar-refractivity contribution in [2.24, 2.45) is 4.99 Å². The Morgan fingerprint density at radius 2 is 2.44 bits per heavy atom. The fourth-order valence-corrected chi connectivity index (χ4v) is 0.381. The van der Waals surface area contributed by atoms with Crippen LogP contribution in [0.25, 0.3) is 0 Å². The van der Waals surface area contributed by atoms with Gasteiger partial charge in [-0.3, -0.25) is 4.99 Å². The number of hydrogen-bond donors (Lipinski definition) is 0. The van der Waals surface area contributed by atoms with Crippen molar-refractivity contribution in [2.45, 2.75) is 0 Å². The van der Waals surface area contributed by atoms with Crippen LogP contribution in [0.2, 0.25) is 0 Å². The fourth-order valence-electron chi connectivity index (χ4n) is 0.381. The predicted molar refractivity (Wildman–Crippen MR) is 39.7 cm³/mol. The van der Waals surface area contributed by atoms with Crippen LogP contribution >= 0.6 is 0 Å². The molecule has 0 aromatic rings. The Balaban J connectivity index is 3.49. The third-order valence-electron chi connectivity index (χ3n) is 0.692. The smallest absolute Gasteiger partial charge is 0.0722 e. The molecule has 0 aliphatic rings. The summed E-state index contributed by atoms with van der Waals surface area (Å²) in [5.41, 5.74) is 0.845. The molecule has 2 heteroatoms. The summed E-state index contributed by atoms with van der Waals surface area (Å²) in [5, 5.41) is 0. The van der Waals surface area contributed by atoms with Crippen molar-refractivity contribution in [2.75, 3.05) is 13.7 Å². The normalized spacial score (nSPS) is 9.89. The van der Waals surface area contributed by atoms with Crippen LogP contribution in [0.4, 0.5) is 0 Å². The van der Waals surface area contributed by atoms with Crippen LogP contribution in [-0.2, 0) is 4.74 Å². The Labute approximate surface area is 55.6 Å². The molecule has 0 saturated heterocycles. The molecule has 0 aliphatic carbocycles. The molecule has 0 heterocycles. The summed E-state index contributed by atoms with van der Waals surface area (Å²) in [5.74, 6) is 0.